The molecular formula is H5CaO7PS. The second kappa shape index (κ2) is 4.34. The van der Waals surface area contributed by atoms with Gasteiger partial charge in [0.25, 0.3) is 0 Å². The molecule has 0 radical (unpaired) electrons. The van der Waals surface area contributed by atoms with Gasteiger partial charge in [0.2, 0.25) is 0 Å². The van der Waals surface area contributed by atoms with Gasteiger partial charge >= 0.3 is 56.0 Å². The molecule has 10 heavy (non-hydrogen) atoms. The molecule has 0 fully saturated rings. The Morgan fingerprint density at radius 3 is 1.60 bits per heavy atom. The van der Waals surface area contributed by atoms with E-state index in [1.165, 1.54) is 0 Å². The summed E-state index contributed by atoms with van der Waals surface area (Å²) < 4.78 is 39.0. The monoisotopic (exact) mass is 220 g/mol. The predicted molar refractivity (Wildman–Crippen MR) is 33.2 cm³/mol. The van der Waals surface area contributed by atoms with Gasteiger partial charge in [0.05, 0.1) is 0 Å². The average Bonchev–Trinajstić information content (AvgIpc) is 1.14. The van der Waals surface area contributed by atoms with E-state index in [0.29, 0.717) is 0 Å². The third kappa shape index (κ3) is 12.0. The average molecular weight is 220 g/mol. The maximum absolute atomic E-state index is 9.58. The molecule has 0 aliphatic carbocycles. The van der Waals surface area contributed by atoms with E-state index in [4.69, 9.17) is 14.3 Å². The summed E-state index contributed by atoms with van der Waals surface area (Å²) in [6.45, 7) is 0. The van der Waals surface area contributed by atoms with Crippen LogP contribution in [0.15, 0.2) is 0 Å². The van der Waals surface area contributed by atoms with Gasteiger partial charge in [-0.2, -0.15) is 8.42 Å². The van der Waals surface area contributed by atoms with E-state index in [2.05, 4.69) is 3.97 Å². The Hall–Kier alpha value is 1.28. The van der Waals surface area contributed by atoms with Crippen LogP contribution in [0.3, 0.4) is 0 Å². The zero-order valence-electron chi connectivity index (χ0n) is 3.83. The minimum atomic E-state index is -5.13. The topological polar surface area (TPSA) is 121 Å². The van der Waals surface area contributed by atoms with Gasteiger partial charge in [-0.25, -0.2) is 4.57 Å². The summed E-state index contributed by atoms with van der Waals surface area (Å²) in [6, 6.07) is 0. The van der Waals surface area contributed by atoms with Crippen LogP contribution in [-0.4, -0.2) is 60.5 Å². The standard InChI is InChI=1S/Ca.H3O7PS.2H/c;1-8(2,3)7-9(4,5)6;;/h;(H2,1,2,3)(H,4,5,6);;. The van der Waals surface area contributed by atoms with E-state index in [1.54, 1.807) is 0 Å². The molecule has 0 heterocycles. The molecule has 0 spiro atoms. The molecule has 0 aromatic rings. The van der Waals surface area contributed by atoms with E-state index in [0.717, 1.165) is 0 Å². The molecule has 0 unspecified atom stereocenters. The first kappa shape index (κ1) is 13.8. The molecule has 0 aromatic heterocycles. The molecule has 3 N–H and O–H groups in total. The van der Waals surface area contributed by atoms with Crippen molar-refractivity contribution in [3.05, 3.63) is 0 Å². The van der Waals surface area contributed by atoms with Crippen molar-refractivity contribution < 1.29 is 31.3 Å². The van der Waals surface area contributed by atoms with Crippen molar-refractivity contribution in [2.75, 3.05) is 0 Å². The molecule has 60 valence electrons. The van der Waals surface area contributed by atoms with E-state index < -0.39 is 18.2 Å². The molecular weight excluding hydrogens is 215 g/mol. The fourth-order valence-electron chi connectivity index (χ4n) is 0.123. The molecule has 0 rings (SSSR count). The third-order valence-electron chi connectivity index (χ3n) is 0.191. The van der Waals surface area contributed by atoms with Crippen molar-refractivity contribution in [1.29, 1.82) is 0 Å². The minimum absolute atomic E-state index is 0. The van der Waals surface area contributed by atoms with Gasteiger partial charge in [0.1, 0.15) is 0 Å². The van der Waals surface area contributed by atoms with Crippen LogP contribution >= 0.6 is 7.82 Å². The summed E-state index contributed by atoms with van der Waals surface area (Å²) in [7, 11) is -10.2. The fraction of sp³-hybridized carbons (Fsp3) is 0. The van der Waals surface area contributed by atoms with E-state index in [1.807, 2.05) is 0 Å². The predicted octanol–water partition coefficient (Wildman–Crippen LogP) is -2.02. The summed E-state index contributed by atoms with van der Waals surface area (Å²) in [5, 5.41) is 0. The van der Waals surface area contributed by atoms with Gasteiger partial charge in [-0.15, -0.1) is 3.97 Å². The van der Waals surface area contributed by atoms with Crippen LogP contribution in [0.4, 0.5) is 0 Å². The van der Waals surface area contributed by atoms with Crippen molar-refractivity contribution in [2.45, 2.75) is 0 Å². The Morgan fingerprint density at radius 2 is 1.60 bits per heavy atom. The molecule has 0 atom stereocenters. The van der Waals surface area contributed by atoms with Crippen molar-refractivity contribution in [1.82, 2.24) is 0 Å². The van der Waals surface area contributed by atoms with Crippen molar-refractivity contribution in [3.63, 3.8) is 0 Å². The molecule has 10 heteroatoms. The third-order valence-corrected chi connectivity index (χ3v) is 1.72. The second-order valence-electron chi connectivity index (χ2n) is 0.993. The molecule has 0 aromatic carbocycles. The van der Waals surface area contributed by atoms with Crippen LogP contribution < -0.4 is 0 Å². The summed E-state index contributed by atoms with van der Waals surface area (Å²) in [6.07, 6.45) is 0. The van der Waals surface area contributed by atoms with Gasteiger partial charge in [-0.3, -0.25) is 4.55 Å². The zero-order valence-corrected chi connectivity index (χ0v) is 5.54. The summed E-state index contributed by atoms with van der Waals surface area (Å²) in [4.78, 5) is 15.4. The van der Waals surface area contributed by atoms with Crippen LogP contribution in [-0.2, 0) is 18.9 Å². The van der Waals surface area contributed by atoms with E-state index >= 15 is 0 Å². The van der Waals surface area contributed by atoms with Gasteiger partial charge in [-0.1, -0.05) is 0 Å². The van der Waals surface area contributed by atoms with Crippen LogP contribution in [0.25, 0.3) is 0 Å². The molecule has 0 bridgehead atoms. The van der Waals surface area contributed by atoms with Crippen LogP contribution in [0.1, 0.15) is 0 Å². The molecule has 0 aliphatic rings. The first-order valence-corrected chi connectivity index (χ1v) is 4.34. The molecule has 0 aliphatic heterocycles. The first-order valence-electron chi connectivity index (χ1n) is 1.45. The van der Waals surface area contributed by atoms with Crippen LogP contribution in [0.2, 0.25) is 0 Å². The fourth-order valence-corrected chi connectivity index (χ4v) is 1.10. The summed E-state index contributed by atoms with van der Waals surface area (Å²) in [5.41, 5.74) is 0. The Morgan fingerprint density at radius 1 is 1.30 bits per heavy atom. The zero-order chi connectivity index (χ0) is 7.71. The van der Waals surface area contributed by atoms with Gasteiger partial charge in [0.15, 0.2) is 0 Å². The summed E-state index contributed by atoms with van der Waals surface area (Å²) >= 11 is 0. The Bertz CT molecular complexity index is 220. The van der Waals surface area contributed by atoms with Crippen molar-refractivity contribution in [2.24, 2.45) is 0 Å². The number of phosphoric acid groups is 1. The molecule has 7 nitrogen and oxygen atoms in total. The normalized spacial score (nSPS) is 12.3. The SMILES string of the molecule is O=P(O)(O)OS(=O)(=O)O.[CaH2]. The number of rotatable bonds is 2. The Kier molecular flexibility index (Phi) is 6.01. The van der Waals surface area contributed by atoms with Crippen LogP contribution in [0.5, 0.6) is 0 Å². The summed E-state index contributed by atoms with van der Waals surface area (Å²) in [5.74, 6) is 0. The molecule has 0 saturated heterocycles. The Balaban J connectivity index is 0. The molecule has 0 amide bonds. The molecule has 0 saturated carbocycles. The quantitative estimate of drug-likeness (QED) is 0.279. The van der Waals surface area contributed by atoms with E-state index in [9.17, 15) is 13.0 Å². The van der Waals surface area contributed by atoms with Gasteiger partial charge in [0, 0.05) is 0 Å². The first-order chi connectivity index (χ1) is 3.71. The number of hydrogen-bond acceptors (Lipinski definition) is 4. The number of hydrogen-bond donors (Lipinski definition) is 3. The van der Waals surface area contributed by atoms with Crippen LogP contribution in [0, 0.1) is 0 Å². The van der Waals surface area contributed by atoms with Crippen molar-refractivity contribution >= 4 is 56.0 Å². The maximum atomic E-state index is 9.58. The van der Waals surface area contributed by atoms with Gasteiger partial charge < -0.3 is 9.79 Å². The van der Waals surface area contributed by atoms with E-state index in [-0.39, 0.29) is 37.7 Å². The van der Waals surface area contributed by atoms with Crippen molar-refractivity contribution in [3.8, 4) is 0 Å². The second-order valence-corrected chi connectivity index (χ2v) is 3.43. The van der Waals surface area contributed by atoms with Gasteiger partial charge in [-0.05, 0) is 0 Å². The Labute approximate surface area is 86.6 Å².